The number of rotatable bonds is 4. The van der Waals surface area contributed by atoms with Crippen molar-refractivity contribution in [2.45, 2.75) is 19.9 Å². The van der Waals surface area contributed by atoms with Crippen LogP contribution in [-0.4, -0.2) is 30.0 Å². The molecule has 0 aromatic carbocycles. The number of carbonyl (C=O) groups excluding carboxylic acids is 2. The van der Waals surface area contributed by atoms with E-state index in [9.17, 15) is 9.59 Å². The van der Waals surface area contributed by atoms with Crippen molar-refractivity contribution in [2.75, 3.05) is 7.11 Å². The maximum Gasteiger partial charge on any atom is 0.328 e. The lowest BCUT2D eigenvalue weighted by Crippen LogP contribution is -2.45. The minimum Gasteiger partial charge on any atom is -0.467 e. The minimum absolute atomic E-state index is 0.0388. The van der Waals surface area contributed by atoms with Gasteiger partial charge in [-0.2, -0.15) is 0 Å². The second-order valence-electron chi connectivity index (χ2n) is 3.96. The molecule has 1 amide bonds. The Labute approximate surface area is 100 Å². The van der Waals surface area contributed by atoms with Gasteiger partial charge in [-0.25, -0.2) is 4.79 Å². The maximum absolute atomic E-state index is 11.8. The van der Waals surface area contributed by atoms with E-state index in [1.165, 1.54) is 13.3 Å². The molecule has 1 atom stereocenters. The molecule has 0 aliphatic heterocycles. The zero-order chi connectivity index (χ0) is 12.8. The lowest BCUT2D eigenvalue weighted by molar-refractivity contribution is -0.144. The summed E-state index contributed by atoms with van der Waals surface area (Å²) in [5, 5.41) is 2.63. The number of hydrogen-bond donors (Lipinski definition) is 1. The molecule has 92 valence electrons. The number of pyridine rings is 1. The fraction of sp³-hybridized carbons (Fsp3) is 0.417. The number of carbonyl (C=O) groups is 2. The molecule has 1 rings (SSSR count). The lowest BCUT2D eigenvalue weighted by Gasteiger charge is -2.19. The smallest absolute Gasteiger partial charge is 0.328 e. The van der Waals surface area contributed by atoms with Crippen molar-refractivity contribution in [3.63, 3.8) is 0 Å². The third kappa shape index (κ3) is 3.55. The van der Waals surface area contributed by atoms with Crippen molar-refractivity contribution in [2.24, 2.45) is 5.92 Å². The number of nitrogens with zero attached hydrogens (tertiary/aromatic N) is 1. The van der Waals surface area contributed by atoms with Crippen LogP contribution in [0.25, 0.3) is 0 Å². The average Bonchev–Trinajstić information content (AvgIpc) is 2.35. The van der Waals surface area contributed by atoms with Crippen LogP contribution < -0.4 is 5.32 Å². The van der Waals surface area contributed by atoms with Gasteiger partial charge in [-0.3, -0.25) is 9.78 Å². The molecule has 1 N–H and O–H groups in total. The van der Waals surface area contributed by atoms with E-state index in [-0.39, 0.29) is 11.8 Å². The van der Waals surface area contributed by atoms with E-state index in [0.29, 0.717) is 5.56 Å². The molecule has 0 saturated carbocycles. The van der Waals surface area contributed by atoms with Crippen LogP contribution in [-0.2, 0) is 9.53 Å². The van der Waals surface area contributed by atoms with Crippen LogP contribution >= 0.6 is 0 Å². The SMILES string of the molecule is COC(=O)[C@H](NC(=O)c1cccnc1)C(C)C. The van der Waals surface area contributed by atoms with Crippen molar-refractivity contribution >= 4 is 11.9 Å². The van der Waals surface area contributed by atoms with Crippen molar-refractivity contribution < 1.29 is 14.3 Å². The molecule has 1 heterocycles. The Balaban J connectivity index is 2.75. The quantitative estimate of drug-likeness (QED) is 0.792. The van der Waals surface area contributed by atoms with Crippen LogP contribution in [0.5, 0.6) is 0 Å². The highest BCUT2D eigenvalue weighted by Gasteiger charge is 2.25. The molecule has 17 heavy (non-hydrogen) atoms. The van der Waals surface area contributed by atoms with Crippen molar-refractivity contribution in [3.8, 4) is 0 Å². The predicted molar refractivity (Wildman–Crippen MR) is 62.3 cm³/mol. The van der Waals surface area contributed by atoms with Gasteiger partial charge in [0.1, 0.15) is 6.04 Å². The topological polar surface area (TPSA) is 68.3 Å². The van der Waals surface area contributed by atoms with Crippen LogP contribution in [0, 0.1) is 5.92 Å². The number of amides is 1. The molecule has 5 heteroatoms. The first-order valence-electron chi connectivity index (χ1n) is 5.35. The number of aromatic nitrogens is 1. The molecule has 1 aromatic rings. The summed E-state index contributed by atoms with van der Waals surface area (Å²) >= 11 is 0. The van der Waals surface area contributed by atoms with Gasteiger partial charge in [0.25, 0.3) is 5.91 Å². The third-order valence-corrected chi connectivity index (χ3v) is 2.33. The van der Waals surface area contributed by atoms with Crippen LogP contribution in [0.2, 0.25) is 0 Å². The van der Waals surface area contributed by atoms with Crippen LogP contribution in [0.4, 0.5) is 0 Å². The lowest BCUT2D eigenvalue weighted by atomic mass is 10.0. The number of hydrogen-bond acceptors (Lipinski definition) is 4. The normalized spacial score (nSPS) is 12.0. The minimum atomic E-state index is -0.646. The van der Waals surface area contributed by atoms with Crippen LogP contribution in [0.15, 0.2) is 24.5 Å². The highest BCUT2D eigenvalue weighted by Crippen LogP contribution is 2.05. The number of ether oxygens (including phenoxy) is 1. The fourth-order valence-electron chi connectivity index (χ4n) is 1.35. The molecule has 0 aliphatic carbocycles. The fourth-order valence-corrected chi connectivity index (χ4v) is 1.35. The summed E-state index contributed by atoms with van der Waals surface area (Å²) < 4.78 is 4.64. The summed E-state index contributed by atoms with van der Waals surface area (Å²) in [6, 6.07) is 2.65. The predicted octanol–water partition coefficient (Wildman–Crippen LogP) is 1.01. The zero-order valence-corrected chi connectivity index (χ0v) is 10.1. The Morgan fingerprint density at radius 1 is 1.41 bits per heavy atom. The highest BCUT2D eigenvalue weighted by molar-refractivity contribution is 5.96. The summed E-state index contributed by atoms with van der Waals surface area (Å²) in [6.45, 7) is 3.68. The molecular formula is C12H16N2O3. The van der Waals surface area contributed by atoms with E-state index in [1.807, 2.05) is 13.8 Å². The van der Waals surface area contributed by atoms with E-state index in [0.717, 1.165) is 0 Å². The second-order valence-corrected chi connectivity index (χ2v) is 3.96. The monoisotopic (exact) mass is 236 g/mol. The van der Waals surface area contributed by atoms with E-state index in [1.54, 1.807) is 18.3 Å². The van der Waals surface area contributed by atoms with Crippen molar-refractivity contribution in [1.29, 1.82) is 0 Å². The first-order chi connectivity index (χ1) is 8.06. The molecular weight excluding hydrogens is 220 g/mol. The van der Waals surface area contributed by atoms with Gasteiger partial charge in [0.2, 0.25) is 0 Å². The van der Waals surface area contributed by atoms with E-state index >= 15 is 0 Å². The number of methoxy groups -OCH3 is 1. The van der Waals surface area contributed by atoms with Gasteiger partial charge < -0.3 is 10.1 Å². The Morgan fingerprint density at radius 3 is 2.59 bits per heavy atom. The Morgan fingerprint density at radius 2 is 2.12 bits per heavy atom. The summed E-state index contributed by atoms with van der Waals surface area (Å²) in [5.74, 6) is -0.817. The Hall–Kier alpha value is -1.91. The summed E-state index contributed by atoms with van der Waals surface area (Å²) in [6.07, 6.45) is 3.03. The molecule has 1 aromatic heterocycles. The van der Waals surface area contributed by atoms with Gasteiger partial charge in [-0.1, -0.05) is 13.8 Å². The van der Waals surface area contributed by atoms with E-state index in [2.05, 4.69) is 15.0 Å². The number of nitrogens with one attached hydrogen (secondary N) is 1. The third-order valence-electron chi connectivity index (χ3n) is 2.33. The van der Waals surface area contributed by atoms with Gasteiger partial charge in [0, 0.05) is 12.4 Å². The van der Waals surface area contributed by atoms with Crippen LogP contribution in [0.1, 0.15) is 24.2 Å². The molecule has 0 spiro atoms. The molecule has 0 radical (unpaired) electrons. The number of esters is 1. The second kappa shape index (κ2) is 5.98. The molecule has 0 aliphatic rings. The Bertz CT molecular complexity index is 390. The molecule has 0 unspecified atom stereocenters. The van der Waals surface area contributed by atoms with Gasteiger partial charge >= 0.3 is 5.97 Å². The van der Waals surface area contributed by atoms with Gasteiger partial charge in [-0.05, 0) is 18.1 Å². The van der Waals surface area contributed by atoms with Gasteiger partial charge in [0.15, 0.2) is 0 Å². The summed E-state index contributed by atoms with van der Waals surface area (Å²) in [7, 11) is 1.30. The molecule has 5 nitrogen and oxygen atoms in total. The van der Waals surface area contributed by atoms with Crippen LogP contribution in [0.3, 0.4) is 0 Å². The van der Waals surface area contributed by atoms with Gasteiger partial charge in [-0.15, -0.1) is 0 Å². The highest BCUT2D eigenvalue weighted by atomic mass is 16.5. The summed E-state index contributed by atoms with van der Waals surface area (Å²) in [4.78, 5) is 27.1. The average molecular weight is 236 g/mol. The van der Waals surface area contributed by atoms with Crippen molar-refractivity contribution in [3.05, 3.63) is 30.1 Å². The van der Waals surface area contributed by atoms with Gasteiger partial charge in [0.05, 0.1) is 12.7 Å². The van der Waals surface area contributed by atoms with E-state index < -0.39 is 12.0 Å². The first-order valence-corrected chi connectivity index (χ1v) is 5.35. The molecule has 0 saturated heterocycles. The summed E-state index contributed by atoms with van der Waals surface area (Å²) in [5.41, 5.74) is 0.419. The molecule has 0 fully saturated rings. The first kappa shape index (κ1) is 13.2. The van der Waals surface area contributed by atoms with Crippen molar-refractivity contribution in [1.82, 2.24) is 10.3 Å². The maximum atomic E-state index is 11.8. The zero-order valence-electron chi connectivity index (χ0n) is 10.1. The standard InChI is InChI=1S/C12H16N2O3/c1-8(2)10(12(16)17-3)14-11(15)9-5-4-6-13-7-9/h4-8,10H,1-3H3,(H,14,15)/t10-/m1/s1. The molecule has 0 bridgehead atoms. The largest absolute Gasteiger partial charge is 0.467 e. The van der Waals surface area contributed by atoms with E-state index in [4.69, 9.17) is 0 Å². The Kier molecular flexibility index (Phi) is 4.63.